The highest BCUT2D eigenvalue weighted by molar-refractivity contribution is 5.97. The first-order valence-electron chi connectivity index (χ1n) is 7.24. The quantitative estimate of drug-likeness (QED) is 0.902. The minimum absolute atomic E-state index is 0.0654. The SMILES string of the molecule is COc1cccc2cc(C(=O)NC[C@@H]3CCCO3)c(=N)oc12. The number of hydrogen-bond donors (Lipinski definition) is 2. The number of rotatable bonds is 4. The number of amides is 1. The van der Waals surface area contributed by atoms with Crippen molar-refractivity contribution in [3.63, 3.8) is 0 Å². The summed E-state index contributed by atoms with van der Waals surface area (Å²) in [6.45, 7) is 1.20. The fourth-order valence-corrected chi connectivity index (χ4v) is 2.57. The summed E-state index contributed by atoms with van der Waals surface area (Å²) in [6.07, 6.45) is 2.04. The summed E-state index contributed by atoms with van der Waals surface area (Å²) < 4.78 is 16.1. The maximum Gasteiger partial charge on any atom is 0.256 e. The van der Waals surface area contributed by atoms with Gasteiger partial charge < -0.3 is 19.2 Å². The lowest BCUT2D eigenvalue weighted by Crippen LogP contribution is -2.34. The smallest absolute Gasteiger partial charge is 0.256 e. The maximum atomic E-state index is 12.2. The van der Waals surface area contributed by atoms with E-state index in [0.29, 0.717) is 17.9 Å². The normalized spacial score (nSPS) is 17.6. The molecule has 1 aromatic heterocycles. The molecule has 0 radical (unpaired) electrons. The fraction of sp³-hybridized carbons (Fsp3) is 0.375. The first kappa shape index (κ1) is 14.6. The van der Waals surface area contributed by atoms with Crippen LogP contribution in [0.25, 0.3) is 11.0 Å². The Morgan fingerprint density at radius 1 is 1.50 bits per heavy atom. The number of benzene rings is 1. The highest BCUT2D eigenvalue weighted by atomic mass is 16.5. The van der Waals surface area contributed by atoms with E-state index in [1.165, 1.54) is 7.11 Å². The van der Waals surface area contributed by atoms with Crippen LogP contribution in [-0.4, -0.2) is 32.3 Å². The van der Waals surface area contributed by atoms with Gasteiger partial charge in [0.1, 0.15) is 5.56 Å². The van der Waals surface area contributed by atoms with Gasteiger partial charge in [-0.1, -0.05) is 12.1 Å². The van der Waals surface area contributed by atoms with E-state index in [4.69, 9.17) is 19.3 Å². The molecule has 6 heteroatoms. The van der Waals surface area contributed by atoms with E-state index in [0.717, 1.165) is 24.8 Å². The molecule has 116 valence electrons. The average molecular weight is 302 g/mol. The van der Waals surface area contributed by atoms with Crippen molar-refractivity contribution in [2.45, 2.75) is 18.9 Å². The lowest BCUT2D eigenvalue weighted by molar-refractivity contribution is 0.0854. The van der Waals surface area contributed by atoms with E-state index in [9.17, 15) is 4.79 Å². The summed E-state index contributed by atoms with van der Waals surface area (Å²) in [5.74, 6) is 0.214. The molecule has 1 atom stereocenters. The van der Waals surface area contributed by atoms with Crippen molar-refractivity contribution in [1.82, 2.24) is 5.32 Å². The highest BCUT2D eigenvalue weighted by Gasteiger charge is 2.18. The third-order valence-electron chi connectivity index (χ3n) is 3.74. The molecular weight excluding hydrogens is 284 g/mol. The molecule has 0 aliphatic carbocycles. The third kappa shape index (κ3) is 2.82. The number of nitrogens with one attached hydrogen (secondary N) is 2. The Morgan fingerprint density at radius 2 is 2.36 bits per heavy atom. The third-order valence-corrected chi connectivity index (χ3v) is 3.74. The molecule has 2 N–H and O–H groups in total. The van der Waals surface area contributed by atoms with E-state index in [-0.39, 0.29) is 23.1 Å². The standard InChI is InChI=1S/C16H18N2O4/c1-20-13-6-2-4-10-8-12(15(17)22-14(10)13)16(19)18-9-11-5-3-7-21-11/h2,4,6,8,11,17H,3,5,7,9H2,1H3,(H,18,19)/t11-/m0/s1. The largest absolute Gasteiger partial charge is 0.493 e. The number of ether oxygens (including phenoxy) is 2. The summed E-state index contributed by atoms with van der Waals surface area (Å²) in [5.41, 5.74) is 0.492. The summed E-state index contributed by atoms with van der Waals surface area (Å²) in [7, 11) is 1.54. The number of carbonyl (C=O) groups excluding carboxylic acids is 1. The topological polar surface area (TPSA) is 84.5 Å². The number of carbonyl (C=O) groups is 1. The molecule has 1 amide bonds. The number of fused-ring (bicyclic) bond motifs is 1. The zero-order valence-corrected chi connectivity index (χ0v) is 12.3. The van der Waals surface area contributed by atoms with E-state index >= 15 is 0 Å². The van der Waals surface area contributed by atoms with Gasteiger partial charge in [-0.05, 0) is 25.0 Å². The van der Waals surface area contributed by atoms with Crippen LogP contribution in [0.3, 0.4) is 0 Å². The Balaban J connectivity index is 1.85. The maximum absolute atomic E-state index is 12.2. The van der Waals surface area contributed by atoms with Crippen LogP contribution in [0.1, 0.15) is 23.2 Å². The molecule has 1 aromatic carbocycles. The minimum Gasteiger partial charge on any atom is -0.493 e. The Morgan fingerprint density at radius 3 is 3.09 bits per heavy atom. The molecule has 0 saturated carbocycles. The summed E-state index contributed by atoms with van der Waals surface area (Å²) in [6, 6.07) is 7.03. The Bertz CT molecular complexity index is 747. The van der Waals surface area contributed by atoms with Gasteiger partial charge in [0.25, 0.3) is 5.91 Å². The van der Waals surface area contributed by atoms with Gasteiger partial charge >= 0.3 is 0 Å². The monoisotopic (exact) mass is 302 g/mol. The lowest BCUT2D eigenvalue weighted by Gasteiger charge is -2.11. The van der Waals surface area contributed by atoms with Crippen LogP contribution in [0.2, 0.25) is 0 Å². The zero-order valence-electron chi connectivity index (χ0n) is 12.3. The van der Waals surface area contributed by atoms with Gasteiger partial charge in [-0.15, -0.1) is 0 Å². The van der Waals surface area contributed by atoms with Crippen LogP contribution in [0, 0.1) is 5.41 Å². The van der Waals surface area contributed by atoms with Crippen LogP contribution < -0.4 is 15.6 Å². The Hall–Kier alpha value is -2.34. The second-order valence-electron chi connectivity index (χ2n) is 5.21. The summed E-state index contributed by atoms with van der Waals surface area (Å²) >= 11 is 0. The Labute approximate surface area is 127 Å². The molecule has 3 rings (SSSR count). The fourth-order valence-electron chi connectivity index (χ4n) is 2.57. The van der Waals surface area contributed by atoms with Gasteiger partial charge in [0.2, 0.25) is 5.55 Å². The number of hydrogen-bond acceptors (Lipinski definition) is 5. The molecule has 0 bridgehead atoms. The Kier molecular flexibility index (Phi) is 4.11. The lowest BCUT2D eigenvalue weighted by atomic mass is 10.1. The van der Waals surface area contributed by atoms with Crippen molar-refractivity contribution in [3.05, 3.63) is 35.4 Å². The van der Waals surface area contributed by atoms with Gasteiger partial charge in [-0.25, -0.2) is 0 Å². The molecular formula is C16H18N2O4. The van der Waals surface area contributed by atoms with Gasteiger partial charge in [0.05, 0.1) is 13.2 Å². The van der Waals surface area contributed by atoms with E-state index in [1.807, 2.05) is 12.1 Å². The van der Waals surface area contributed by atoms with Crippen molar-refractivity contribution >= 4 is 16.9 Å². The van der Waals surface area contributed by atoms with Gasteiger partial charge in [-0.3, -0.25) is 10.2 Å². The second kappa shape index (κ2) is 6.19. The molecule has 0 spiro atoms. The van der Waals surface area contributed by atoms with Crippen LogP contribution >= 0.6 is 0 Å². The first-order chi connectivity index (χ1) is 10.7. The van der Waals surface area contributed by atoms with E-state index in [2.05, 4.69) is 5.32 Å². The van der Waals surface area contributed by atoms with Crippen molar-refractivity contribution in [2.24, 2.45) is 0 Å². The van der Waals surface area contributed by atoms with Crippen molar-refractivity contribution < 1.29 is 18.7 Å². The molecule has 1 aliphatic rings. The van der Waals surface area contributed by atoms with Crippen LogP contribution in [0.5, 0.6) is 5.75 Å². The molecule has 2 aromatic rings. The molecule has 22 heavy (non-hydrogen) atoms. The summed E-state index contributed by atoms with van der Waals surface area (Å²) in [5, 5.41) is 11.4. The van der Waals surface area contributed by atoms with Gasteiger partial charge in [0.15, 0.2) is 11.3 Å². The molecule has 0 unspecified atom stereocenters. The van der Waals surface area contributed by atoms with E-state index in [1.54, 1.807) is 12.1 Å². The second-order valence-corrected chi connectivity index (χ2v) is 5.21. The zero-order chi connectivity index (χ0) is 15.5. The molecule has 6 nitrogen and oxygen atoms in total. The molecule has 1 aliphatic heterocycles. The average Bonchev–Trinajstić information content (AvgIpc) is 3.05. The van der Waals surface area contributed by atoms with E-state index < -0.39 is 0 Å². The van der Waals surface area contributed by atoms with Crippen LogP contribution in [-0.2, 0) is 4.74 Å². The summed E-state index contributed by atoms with van der Waals surface area (Å²) in [4.78, 5) is 12.2. The molecule has 1 saturated heterocycles. The molecule has 2 heterocycles. The van der Waals surface area contributed by atoms with Crippen molar-refractivity contribution in [3.8, 4) is 5.75 Å². The van der Waals surface area contributed by atoms with Crippen LogP contribution in [0.4, 0.5) is 0 Å². The predicted octanol–water partition coefficient (Wildman–Crippen LogP) is 1.83. The van der Waals surface area contributed by atoms with Crippen LogP contribution in [0.15, 0.2) is 28.7 Å². The van der Waals surface area contributed by atoms with Crippen molar-refractivity contribution in [2.75, 3.05) is 20.3 Å². The number of para-hydroxylation sites is 1. The van der Waals surface area contributed by atoms with Gasteiger partial charge in [0, 0.05) is 18.5 Å². The molecule has 1 fully saturated rings. The predicted molar refractivity (Wildman–Crippen MR) is 79.9 cm³/mol. The van der Waals surface area contributed by atoms with Gasteiger partial charge in [-0.2, -0.15) is 0 Å². The number of methoxy groups -OCH3 is 1. The first-order valence-corrected chi connectivity index (χ1v) is 7.24. The minimum atomic E-state index is -0.325. The highest BCUT2D eigenvalue weighted by Crippen LogP contribution is 2.24. The van der Waals surface area contributed by atoms with Crippen molar-refractivity contribution in [1.29, 1.82) is 5.41 Å².